The van der Waals surface area contributed by atoms with Crippen LogP contribution >= 0.6 is 0 Å². The molecular weight excluding hydrogens is 354 g/mol. The van der Waals surface area contributed by atoms with Crippen molar-refractivity contribution in [2.45, 2.75) is 19.3 Å². The van der Waals surface area contributed by atoms with Crippen molar-refractivity contribution in [2.75, 3.05) is 4.90 Å². The van der Waals surface area contributed by atoms with Gasteiger partial charge in [-0.25, -0.2) is 0 Å². The van der Waals surface area contributed by atoms with Gasteiger partial charge in [0.25, 0.3) is 0 Å². The third-order valence-electron chi connectivity index (χ3n) is 6.25. The minimum absolute atomic E-state index is 0.0414. The molecule has 0 saturated heterocycles. The molecular formula is C27H21NO. The van der Waals surface area contributed by atoms with Crippen molar-refractivity contribution < 1.29 is 4.74 Å². The van der Waals surface area contributed by atoms with Crippen LogP contribution in [0.25, 0.3) is 11.1 Å². The van der Waals surface area contributed by atoms with E-state index in [0.717, 1.165) is 28.6 Å². The van der Waals surface area contributed by atoms with Crippen molar-refractivity contribution >= 4 is 17.1 Å². The Balaban J connectivity index is 1.72. The first-order chi connectivity index (χ1) is 14.2. The fourth-order valence-electron chi connectivity index (χ4n) is 4.87. The first-order valence-corrected chi connectivity index (χ1v) is 10.1. The lowest BCUT2D eigenvalue weighted by atomic mass is 9.82. The van der Waals surface area contributed by atoms with Crippen LogP contribution in [0.4, 0.5) is 17.1 Å². The average Bonchev–Trinajstić information content (AvgIpc) is 3.00. The number of para-hydroxylation sites is 3. The summed E-state index contributed by atoms with van der Waals surface area (Å²) in [6, 6.07) is 32.0. The molecule has 0 saturated carbocycles. The fourth-order valence-corrected chi connectivity index (χ4v) is 4.87. The average molecular weight is 375 g/mol. The molecule has 4 aromatic carbocycles. The molecule has 140 valence electrons. The van der Waals surface area contributed by atoms with Crippen LogP contribution in [0.1, 0.15) is 25.0 Å². The molecule has 0 fully saturated rings. The van der Waals surface area contributed by atoms with E-state index in [-0.39, 0.29) is 5.41 Å². The van der Waals surface area contributed by atoms with E-state index in [9.17, 15) is 0 Å². The molecule has 2 heteroatoms. The lowest BCUT2D eigenvalue weighted by molar-refractivity contribution is 0.476. The summed E-state index contributed by atoms with van der Waals surface area (Å²) < 4.78 is 6.40. The molecule has 2 nitrogen and oxygen atoms in total. The molecule has 0 N–H and O–H groups in total. The maximum Gasteiger partial charge on any atom is 0.152 e. The highest BCUT2D eigenvalue weighted by Gasteiger charge is 2.40. The minimum atomic E-state index is -0.0414. The molecule has 4 aromatic rings. The van der Waals surface area contributed by atoms with Crippen molar-refractivity contribution in [3.8, 4) is 22.6 Å². The normalized spacial score (nSPS) is 15.0. The Labute approximate surface area is 171 Å². The van der Waals surface area contributed by atoms with Crippen LogP contribution in [0.2, 0.25) is 0 Å². The number of nitrogens with zero attached hydrogens (tertiary/aromatic N) is 1. The highest BCUT2D eigenvalue weighted by molar-refractivity contribution is 5.99. The predicted molar refractivity (Wildman–Crippen MR) is 119 cm³/mol. The van der Waals surface area contributed by atoms with Gasteiger partial charge in [0, 0.05) is 16.7 Å². The Morgan fingerprint density at radius 3 is 2.24 bits per heavy atom. The molecule has 1 aliphatic heterocycles. The predicted octanol–water partition coefficient (Wildman–Crippen LogP) is 7.57. The molecule has 6 rings (SSSR count). The second-order valence-corrected chi connectivity index (χ2v) is 8.25. The SMILES string of the molecule is CC1(C)c2ccccc2-c2c1ccc1c2N(c2ccccc2)c2ccccc2O1. The Morgan fingerprint density at radius 2 is 1.38 bits per heavy atom. The van der Waals surface area contributed by atoms with Gasteiger partial charge in [-0.15, -0.1) is 0 Å². The molecule has 0 unspecified atom stereocenters. The number of rotatable bonds is 1. The molecule has 0 aromatic heterocycles. The van der Waals surface area contributed by atoms with E-state index in [1.807, 2.05) is 12.1 Å². The first kappa shape index (κ1) is 16.4. The Hall–Kier alpha value is -3.52. The number of fused-ring (bicyclic) bond motifs is 6. The van der Waals surface area contributed by atoms with Gasteiger partial charge in [-0.3, -0.25) is 0 Å². The van der Waals surface area contributed by atoms with Gasteiger partial charge < -0.3 is 9.64 Å². The van der Waals surface area contributed by atoms with Gasteiger partial charge in [-0.2, -0.15) is 0 Å². The summed E-state index contributed by atoms with van der Waals surface area (Å²) in [6.45, 7) is 4.63. The number of benzene rings is 4. The van der Waals surface area contributed by atoms with E-state index in [2.05, 4.69) is 97.6 Å². The van der Waals surface area contributed by atoms with Crippen LogP contribution in [-0.4, -0.2) is 0 Å². The van der Waals surface area contributed by atoms with Crippen molar-refractivity contribution in [2.24, 2.45) is 0 Å². The summed E-state index contributed by atoms with van der Waals surface area (Å²) in [5, 5.41) is 0. The molecule has 29 heavy (non-hydrogen) atoms. The van der Waals surface area contributed by atoms with Crippen LogP contribution < -0.4 is 9.64 Å². The van der Waals surface area contributed by atoms with Crippen molar-refractivity contribution in [1.29, 1.82) is 0 Å². The monoisotopic (exact) mass is 375 g/mol. The van der Waals surface area contributed by atoms with Gasteiger partial charge in [-0.05, 0) is 47.0 Å². The van der Waals surface area contributed by atoms with E-state index in [0.29, 0.717) is 0 Å². The third kappa shape index (κ3) is 2.17. The van der Waals surface area contributed by atoms with Gasteiger partial charge >= 0.3 is 0 Å². The van der Waals surface area contributed by atoms with Gasteiger partial charge in [0.1, 0.15) is 0 Å². The fraction of sp³-hybridized carbons (Fsp3) is 0.111. The first-order valence-electron chi connectivity index (χ1n) is 10.1. The molecule has 1 aliphatic carbocycles. The maximum absolute atomic E-state index is 6.40. The summed E-state index contributed by atoms with van der Waals surface area (Å²) in [6.07, 6.45) is 0. The second kappa shape index (κ2) is 5.74. The molecule has 0 radical (unpaired) electrons. The number of ether oxygens (including phenoxy) is 1. The lowest BCUT2D eigenvalue weighted by Crippen LogP contribution is -2.18. The largest absolute Gasteiger partial charge is 0.453 e. The molecule has 1 heterocycles. The van der Waals surface area contributed by atoms with Crippen LogP contribution in [0.15, 0.2) is 91.0 Å². The van der Waals surface area contributed by atoms with Gasteiger partial charge in [0.05, 0.1) is 11.4 Å². The highest BCUT2D eigenvalue weighted by atomic mass is 16.5. The van der Waals surface area contributed by atoms with E-state index in [4.69, 9.17) is 4.74 Å². The Kier molecular flexibility index (Phi) is 3.25. The smallest absolute Gasteiger partial charge is 0.152 e. The topological polar surface area (TPSA) is 12.5 Å². The van der Waals surface area contributed by atoms with Crippen molar-refractivity contribution in [3.05, 3.63) is 102 Å². The zero-order valence-corrected chi connectivity index (χ0v) is 16.5. The van der Waals surface area contributed by atoms with E-state index in [1.54, 1.807) is 0 Å². The molecule has 0 spiro atoms. The van der Waals surface area contributed by atoms with Crippen LogP contribution in [0.3, 0.4) is 0 Å². The third-order valence-corrected chi connectivity index (χ3v) is 6.25. The van der Waals surface area contributed by atoms with E-state index < -0.39 is 0 Å². The van der Waals surface area contributed by atoms with Crippen molar-refractivity contribution in [3.63, 3.8) is 0 Å². The van der Waals surface area contributed by atoms with Gasteiger partial charge in [0.15, 0.2) is 11.5 Å². The molecule has 2 aliphatic rings. The van der Waals surface area contributed by atoms with E-state index >= 15 is 0 Å². The zero-order chi connectivity index (χ0) is 19.6. The maximum atomic E-state index is 6.40. The van der Waals surface area contributed by atoms with Crippen molar-refractivity contribution in [1.82, 2.24) is 0 Å². The quantitative estimate of drug-likeness (QED) is 0.299. The van der Waals surface area contributed by atoms with Crippen LogP contribution in [-0.2, 0) is 5.41 Å². The Morgan fingerprint density at radius 1 is 0.655 bits per heavy atom. The number of hydrogen-bond donors (Lipinski definition) is 0. The number of anilines is 3. The molecule has 0 bridgehead atoms. The molecule has 0 atom stereocenters. The zero-order valence-electron chi connectivity index (χ0n) is 16.5. The second-order valence-electron chi connectivity index (χ2n) is 8.25. The standard InChI is InChI=1S/C27H21NO/c1-27(2)20-13-7-6-12-19(20)25-21(27)16-17-24-26(25)28(18-10-4-3-5-11-18)22-14-8-9-15-23(22)29-24/h3-17H,1-2H3. The van der Waals surface area contributed by atoms with Crippen LogP contribution in [0.5, 0.6) is 11.5 Å². The summed E-state index contributed by atoms with van der Waals surface area (Å²) in [7, 11) is 0. The summed E-state index contributed by atoms with van der Waals surface area (Å²) in [4.78, 5) is 2.35. The molecule has 0 amide bonds. The van der Waals surface area contributed by atoms with Gasteiger partial charge in [-0.1, -0.05) is 74.5 Å². The Bertz CT molecular complexity index is 1260. The summed E-state index contributed by atoms with van der Waals surface area (Å²) in [5.74, 6) is 1.79. The summed E-state index contributed by atoms with van der Waals surface area (Å²) in [5.41, 5.74) is 8.60. The van der Waals surface area contributed by atoms with Crippen LogP contribution in [0, 0.1) is 0 Å². The van der Waals surface area contributed by atoms with Gasteiger partial charge in [0.2, 0.25) is 0 Å². The highest BCUT2D eigenvalue weighted by Crippen LogP contribution is 2.60. The minimum Gasteiger partial charge on any atom is -0.453 e. The van der Waals surface area contributed by atoms with E-state index in [1.165, 1.54) is 22.3 Å². The summed E-state index contributed by atoms with van der Waals surface area (Å²) >= 11 is 0. The number of hydrogen-bond acceptors (Lipinski definition) is 2. The lowest BCUT2D eigenvalue weighted by Gasteiger charge is -2.35.